The Morgan fingerprint density at radius 1 is 1.47 bits per heavy atom. The van der Waals surface area contributed by atoms with Gasteiger partial charge >= 0.3 is 0 Å². The zero-order valence-electron chi connectivity index (χ0n) is 11.1. The van der Waals surface area contributed by atoms with E-state index < -0.39 is 21.8 Å². The normalized spacial score (nSPS) is 12.8. The van der Waals surface area contributed by atoms with Crippen molar-refractivity contribution in [1.82, 2.24) is 5.32 Å². The summed E-state index contributed by atoms with van der Waals surface area (Å²) in [5, 5.41) is 2.61. The van der Waals surface area contributed by atoms with Gasteiger partial charge in [0.2, 0.25) is 0 Å². The Balaban J connectivity index is 2.84. The van der Waals surface area contributed by atoms with Crippen LogP contribution in [0.4, 0.5) is 5.69 Å². The first kappa shape index (κ1) is 15.3. The van der Waals surface area contributed by atoms with Gasteiger partial charge in [0.15, 0.2) is 0 Å². The predicted molar refractivity (Wildman–Crippen MR) is 74.0 cm³/mol. The third-order valence-electron chi connectivity index (χ3n) is 2.40. The summed E-state index contributed by atoms with van der Waals surface area (Å²) in [5.41, 5.74) is 6.40. The molecule has 1 rings (SSSR count). The minimum Gasteiger partial charge on any atom is -0.496 e. The maximum atomic E-state index is 12.0. The fourth-order valence-electron chi connectivity index (χ4n) is 1.69. The van der Waals surface area contributed by atoms with E-state index in [0.717, 1.165) is 6.26 Å². The van der Waals surface area contributed by atoms with Gasteiger partial charge in [0.25, 0.3) is 5.91 Å². The molecule has 0 spiro atoms. The highest BCUT2D eigenvalue weighted by atomic mass is 32.2. The van der Waals surface area contributed by atoms with Crippen LogP contribution in [0.5, 0.6) is 5.75 Å². The van der Waals surface area contributed by atoms with Crippen LogP contribution in [0, 0.1) is 0 Å². The number of amides is 1. The summed E-state index contributed by atoms with van der Waals surface area (Å²) in [4.78, 5) is 12.0. The Labute approximate surface area is 112 Å². The van der Waals surface area contributed by atoms with Crippen molar-refractivity contribution < 1.29 is 17.9 Å². The molecule has 6 nitrogen and oxygen atoms in total. The number of methoxy groups -OCH3 is 1. The number of sulfone groups is 1. The first-order valence-electron chi connectivity index (χ1n) is 5.65. The highest BCUT2D eigenvalue weighted by Gasteiger charge is 2.17. The second-order valence-corrected chi connectivity index (χ2v) is 6.61. The van der Waals surface area contributed by atoms with Crippen molar-refractivity contribution in [2.24, 2.45) is 0 Å². The molecule has 1 aromatic rings. The largest absolute Gasteiger partial charge is 0.496 e. The molecular formula is C12H18N2O4S. The van der Waals surface area contributed by atoms with E-state index in [2.05, 4.69) is 5.32 Å². The molecule has 0 aliphatic heterocycles. The molecule has 1 unspecified atom stereocenters. The zero-order valence-corrected chi connectivity index (χ0v) is 12.0. The average molecular weight is 286 g/mol. The third-order valence-corrected chi connectivity index (χ3v) is 3.51. The molecule has 0 aliphatic carbocycles. The molecule has 3 N–H and O–H groups in total. The fraction of sp³-hybridized carbons (Fsp3) is 0.417. The van der Waals surface area contributed by atoms with E-state index in [4.69, 9.17) is 10.5 Å². The molecule has 1 atom stereocenters. The van der Waals surface area contributed by atoms with Crippen LogP contribution in [0.1, 0.15) is 17.3 Å². The van der Waals surface area contributed by atoms with Crippen molar-refractivity contribution in [3.8, 4) is 5.75 Å². The van der Waals surface area contributed by atoms with Crippen LogP contribution in [0.2, 0.25) is 0 Å². The zero-order chi connectivity index (χ0) is 14.6. The van der Waals surface area contributed by atoms with Crippen LogP contribution in [0.25, 0.3) is 0 Å². The Bertz CT molecular complexity index is 569. The molecule has 0 aliphatic rings. The van der Waals surface area contributed by atoms with Crippen molar-refractivity contribution in [2.75, 3.05) is 24.9 Å². The van der Waals surface area contributed by atoms with Crippen LogP contribution >= 0.6 is 0 Å². The van der Waals surface area contributed by atoms with Gasteiger partial charge < -0.3 is 15.8 Å². The van der Waals surface area contributed by atoms with Crippen LogP contribution in [-0.4, -0.2) is 39.5 Å². The second-order valence-electron chi connectivity index (χ2n) is 4.43. The van der Waals surface area contributed by atoms with E-state index >= 15 is 0 Å². The SMILES string of the molecule is COc1cc(N)ccc1C(=O)NC(C)CS(C)(=O)=O. The van der Waals surface area contributed by atoms with Crippen LogP contribution < -0.4 is 15.8 Å². The molecule has 0 aromatic heterocycles. The molecule has 0 bridgehead atoms. The van der Waals surface area contributed by atoms with E-state index in [0.29, 0.717) is 17.0 Å². The van der Waals surface area contributed by atoms with E-state index in [9.17, 15) is 13.2 Å². The predicted octanol–water partition coefficient (Wildman–Crippen LogP) is 0.440. The number of nitrogen functional groups attached to an aromatic ring is 1. The number of nitrogens with two attached hydrogens (primary N) is 1. The van der Waals surface area contributed by atoms with Gasteiger partial charge in [0.1, 0.15) is 15.6 Å². The molecule has 1 amide bonds. The minimum atomic E-state index is -3.14. The van der Waals surface area contributed by atoms with Crippen molar-refractivity contribution in [3.05, 3.63) is 23.8 Å². The van der Waals surface area contributed by atoms with Crippen molar-refractivity contribution in [2.45, 2.75) is 13.0 Å². The minimum absolute atomic E-state index is 0.115. The monoisotopic (exact) mass is 286 g/mol. The number of carbonyl (C=O) groups excluding carboxylic acids is 1. The van der Waals surface area contributed by atoms with Crippen molar-refractivity contribution in [3.63, 3.8) is 0 Å². The molecule has 0 radical (unpaired) electrons. The lowest BCUT2D eigenvalue weighted by atomic mass is 10.1. The number of rotatable bonds is 5. The number of carbonyl (C=O) groups is 1. The summed E-state index contributed by atoms with van der Waals surface area (Å²) in [7, 11) is -1.70. The van der Waals surface area contributed by atoms with Gasteiger partial charge in [-0.1, -0.05) is 0 Å². The number of hydrogen-bond donors (Lipinski definition) is 2. The van der Waals surface area contributed by atoms with Crippen molar-refractivity contribution >= 4 is 21.4 Å². The molecule has 0 heterocycles. The Hall–Kier alpha value is -1.76. The van der Waals surface area contributed by atoms with Crippen LogP contribution in [0.15, 0.2) is 18.2 Å². The van der Waals surface area contributed by atoms with Gasteiger partial charge in [0, 0.05) is 24.1 Å². The van der Waals surface area contributed by atoms with Gasteiger partial charge in [-0.25, -0.2) is 8.42 Å². The fourth-order valence-corrected chi connectivity index (χ4v) is 2.68. The third kappa shape index (κ3) is 4.78. The number of nitrogens with one attached hydrogen (secondary N) is 1. The Morgan fingerprint density at radius 3 is 2.63 bits per heavy atom. The van der Waals surface area contributed by atoms with Gasteiger partial charge in [-0.05, 0) is 19.1 Å². The molecular weight excluding hydrogens is 268 g/mol. The molecule has 0 saturated heterocycles. The van der Waals surface area contributed by atoms with E-state index in [1.807, 2.05) is 0 Å². The average Bonchev–Trinajstić information content (AvgIpc) is 2.25. The second kappa shape index (κ2) is 5.92. The smallest absolute Gasteiger partial charge is 0.255 e. The molecule has 7 heteroatoms. The highest BCUT2D eigenvalue weighted by Crippen LogP contribution is 2.21. The first-order valence-corrected chi connectivity index (χ1v) is 7.71. The maximum Gasteiger partial charge on any atom is 0.255 e. The number of anilines is 1. The summed E-state index contributed by atoms with van der Waals surface area (Å²) in [6.07, 6.45) is 1.12. The molecule has 106 valence electrons. The van der Waals surface area contributed by atoms with Crippen LogP contribution in [-0.2, 0) is 9.84 Å². The first-order chi connectivity index (χ1) is 8.73. The summed E-state index contributed by atoms with van der Waals surface area (Å²) in [6.45, 7) is 1.63. The van der Waals surface area contributed by atoms with E-state index in [1.165, 1.54) is 19.2 Å². The summed E-state index contributed by atoms with van der Waals surface area (Å²) in [5.74, 6) is -0.159. The molecule has 0 fully saturated rings. The quantitative estimate of drug-likeness (QED) is 0.765. The summed E-state index contributed by atoms with van der Waals surface area (Å²) < 4.78 is 27.3. The standard InChI is InChI=1S/C12H18N2O4S/c1-8(7-19(3,16)17)14-12(15)10-5-4-9(13)6-11(10)18-2/h4-6,8H,7,13H2,1-3H3,(H,14,15). The van der Waals surface area contributed by atoms with Gasteiger partial charge in [-0.2, -0.15) is 0 Å². The Morgan fingerprint density at radius 2 is 2.11 bits per heavy atom. The maximum absolute atomic E-state index is 12.0. The lowest BCUT2D eigenvalue weighted by molar-refractivity contribution is 0.0940. The van der Waals surface area contributed by atoms with E-state index in [-0.39, 0.29) is 5.75 Å². The summed E-state index contributed by atoms with van der Waals surface area (Å²) in [6, 6.07) is 4.18. The number of hydrogen-bond acceptors (Lipinski definition) is 5. The molecule has 0 saturated carbocycles. The van der Waals surface area contributed by atoms with Crippen LogP contribution in [0.3, 0.4) is 0 Å². The molecule has 1 aromatic carbocycles. The molecule has 19 heavy (non-hydrogen) atoms. The highest BCUT2D eigenvalue weighted by molar-refractivity contribution is 7.90. The Kier molecular flexibility index (Phi) is 4.77. The topological polar surface area (TPSA) is 98.5 Å². The summed E-state index contributed by atoms with van der Waals surface area (Å²) >= 11 is 0. The lowest BCUT2D eigenvalue weighted by Crippen LogP contribution is -2.37. The van der Waals surface area contributed by atoms with Gasteiger partial charge in [-0.3, -0.25) is 4.79 Å². The lowest BCUT2D eigenvalue weighted by Gasteiger charge is -2.14. The van der Waals surface area contributed by atoms with Gasteiger partial charge in [-0.15, -0.1) is 0 Å². The van der Waals surface area contributed by atoms with Crippen molar-refractivity contribution in [1.29, 1.82) is 0 Å². The number of ether oxygens (including phenoxy) is 1. The number of benzene rings is 1. The van der Waals surface area contributed by atoms with Gasteiger partial charge in [0.05, 0.1) is 18.4 Å². The van der Waals surface area contributed by atoms with E-state index in [1.54, 1.807) is 13.0 Å².